The van der Waals surface area contributed by atoms with Crippen molar-refractivity contribution < 1.29 is 23.5 Å². The minimum atomic E-state index is -1.31. The normalized spacial score (nSPS) is 13.0. The molecule has 0 aromatic heterocycles. The van der Waals surface area contributed by atoms with Crippen LogP contribution < -0.4 is 5.32 Å². The van der Waals surface area contributed by atoms with Crippen LogP contribution in [-0.4, -0.2) is 23.0 Å². The molecular formula is C14H14F2N2O3. The van der Waals surface area contributed by atoms with Crippen molar-refractivity contribution >= 4 is 11.9 Å². The quantitative estimate of drug-likeness (QED) is 0.834. The summed E-state index contributed by atoms with van der Waals surface area (Å²) < 4.78 is 26.8. The molecule has 1 amide bonds. The zero-order chi connectivity index (χ0) is 16.0. The summed E-state index contributed by atoms with van der Waals surface area (Å²) in [5.41, 5.74) is -0.424. The lowest BCUT2D eigenvalue weighted by Crippen LogP contribution is -2.45. The van der Waals surface area contributed by atoms with Crippen LogP contribution in [0.4, 0.5) is 8.78 Å². The van der Waals surface area contributed by atoms with E-state index in [0.29, 0.717) is 0 Å². The van der Waals surface area contributed by atoms with Crippen molar-refractivity contribution in [2.24, 2.45) is 5.92 Å². The summed E-state index contributed by atoms with van der Waals surface area (Å²) in [7, 11) is 0. The number of carboxylic acid groups (broad SMARTS) is 1. The van der Waals surface area contributed by atoms with E-state index >= 15 is 0 Å². The molecule has 2 N–H and O–H groups in total. The van der Waals surface area contributed by atoms with Crippen LogP contribution in [0.3, 0.4) is 0 Å². The van der Waals surface area contributed by atoms with E-state index in [1.165, 1.54) is 13.0 Å². The highest BCUT2D eigenvalue weighted by Crippen LogP contribution is 2.13. The number of carbonyl (C=O) groups is 2. The van der Waals surface area contributed by atoms with E-state index in [2.05, 4.69) is 5.32 Å². The molecule has 0 heterocycles. The van der Waals surface area contributed by atoms with Gasteiger partial charge >= 0.3 is 5.97 Å². The molecule has 0 aliphatic heterocycles. The van der Waals surface area contributed by atoms with Crippen LogP contribution in [0.1, 0.15) is 18.9 Å². The first-order valence-electron chi connectivity index (χ1n) is 6.18. The molecule has 0 saturated heterocycles. The van der Waals surface area contributed by atoms with Gasteiger partial charge in [0.05, 0.1) is 12.5 Å². The minimum Gasteiger partial charge on any atom is -0.480 e. The zero-order valence-corrected chi connectivity index (χ0v) is 11.3. The molecule has 1 rings (SSSR count). The van der Waals surface area contributed by atoms with Crippen molar-refractivity contribution in [3.63, 3.8) is 0 Å². The van der Waals surface area contributed by atoms with Crippen molar-refractivity contribution in [1.82, 2.24) is 5.32 Å². The van der Waals surface area contributed by atoms with Gasteiger partial charge < -0.3 is 10.4 Å². The van der Waals surface area contributed by atoms with Crippen LogP contribution in [-0.2, 0) is 16.0 Å². The van der Waals surface area contributed by atoms with Crippen LogP contribution in [0.15, 0.2) is 18.2 Å². The molecule has 0 aliphatic carbocycles. The number of amides is 1. The molecule has 7 heteroatoms. The Bertz CT molecular complexity index is 564. The summed E-state index contributed by atoms with van der Waals surface area (Å²) in [5, 5.41) is 19.8. The van der Waals surface area contributed by atoms with Crippen molar-refractivity contribution in [2.45, 2.75) is 25.8 Å². The molecule has 1 aromatic rings. The molecule has 0 unspecified atom stereocenters. The maximum Gasteiger partial charge on any atom is 0.326 e. The standard InChI is InChI=1S/C14H14F2N2O3/c1-8(5-6-17)13(14(20)21)18-12(19)7-9-10(15)3-2-4-11(9)16/h2-4,8,13H,5,7H2,1H3,(H,18,19)(H,20,21)/t8-,13-/m1/s1. The summed E-state index contributed by atoms with van der Waals surface area (Å²) in [6.07, 6.45) is -0.674. The number of aliphatic carboxylic acids is 1. The Balaban J connectivity index is 2.80. The average molecular weight is 296 g/mol. The van der Waals surface area contributed by atoms with E-state index in [1.54, 1.807) is 0 Å². The van der Waals surface area contributed by atoms with Gasteiger partial charge in [0.1, 0.15) is 17.7 Å². The highest BCUT2D eigenvalue weighted by atomic mass is 19.1. The molecule has 0 fully saturated rings. The summed E-state index contributed by atoms with van der Waals surface area (Å²) in [4.78, 5) is 22.8. The maximum atomic E-state index is 13.4. The Morgan fingerprint density at radius 2 is 1.95 bits per heavy atom. The predicted molar refractivity (Wildman–Crippen MR) is 69.0 cm³/mol. The summed E-state index contributed by atoms with van der Waals surface area (Å²) in [5.74, 6) is -4.50. The molecule has 1 aromatic carbocycles. The molecule has 0 radical (unpaired) electrons. The molecule has 5 nitrogen and oxygen atoms in total. The van der Waals surface area contributed by atoms with Crippen LogP contribution in [0.25, 0.3) is 0 Å². The third kappa shape index (κ3) is 4.53. The monoisotopic (exact) mass is 296 g/mol. The van der Waals surface area contributed by atoms with E-state index in [1.807, 2.05) is 6.07 Å². The van der Waals surface area contributed by atoms with Gasteiger partial charge in [-0.1, -0.05) is 13.0 Å². The zero-order valence-electron chi connectivity index (χ0n) is 11.3. The van der Waals surface area contributed by atoms with E-state index in [9.17, 15) is 18.4 Å². The molecule has 0 spiro atoms. The number of rotatable bonds is 6. The van der Waals surface area contributed by atoms with Crippen molar-refractivity contribution in [1.29, 1.82) is 5.26 Å². The molecule has 21 heavy (non-hydrogen) atoms. The van der Waals surface area contributed by atoms with Crippen molar-refractivity contribution in [2.75, 3.05) is 0 Å². The minimum absolute atomic E-state index is 0.0642. The van der Waals surface area contributed by atoms with Gasteiger partial charge in [-0.25, -0.2) is 13.6 Å². The molecule has 112 valence electrons. The Morgan fingerprint density at radius 3 is 2.43 bits per heavy atom. The fourth-order valence-corrected chi connectivity index (χ4v) is 1.80. The largest absolute Gasteiger partial charge is 0.480 e. The van der Waals surface area contributed by atoms with Gasteiger partial charge in [0, 0.05) is 17.9 Å². The first kappa shape index (κ1) is 16.6. The molecule has 0 saturated carbocycles. The van der Waals surface area contributed by atoms with Gasteiger partial charge in [-0.15, -0.1) is 0 Å². The Morgan fingerprint density at radius 1 is 1.38 bits per heavy atom. The number of halogens is 2. The van der Waals surface area contributed by atoms with Crippen LogP contribution in [0.5, 0.6) is 0 Å². The number of hydrogen-bond acceptors (Lipinski definition) is 3. The molecule has 0 aliphatic rings. The first-order valence-corrected chi connectivity index (χ1v) is 6.18. The van der Waals surface area contributed by atoms with Gasteiger partial charge in [-0.2, -0.15) is 5.26 Å². The number of carboxylic acids is 1. The van der Waals surface area contributed by atoms with E-state index in [4.69, 9.17) is 10.4 Å². The number of nitrogens with zero attached hydrogens (tertiary/aromatic N) is 1. The number of nitriles is 1. The second-order valence-electron chi connectivity index (χ2n) is 4.60. The van der Waals surface area contributed by atoms with Crippen molar-refractivity contribution in [3.05, 3.63) is 35.4 Å². The molecule has 0 bridgehead atoms. The summed E-state index contributed by atoms with van der Waals surface area (Å²) >= 11 is 0. The smallest absolute Gasteiger partial charge is 0.326 e. The van der Waals surface area contributed by atoms with Gasteiger partial charge in [0.2, 0.25) is 5.91 Å². The second-order valence-corrected chi connectivity index (χ2v) is 4.60. The Labute approximate surface area is 120 Å². The Kier molecular flexibility index (Phi) is 5.79. The second kappa shape index (κ2) is 7.33. The highest BCUT2D eigenvalue weighted by molar-refractivity contribution is 5.85. The van der Waals surface area contributed by atoms with Gasteiger partial charge in [0.15, 0.2) is 0 Å². The third-order valence-electron chi connectivity index (χ3n) is 2.96. The van der Waals surface area contributed by atoms with E-state index < -0.39 is 47.5 Å². The first-order chi connectivity index (χ1) is 9.86. The van der Waals surface area contributed by atoms with Gasteiger partial charge in [0.25, 0.3) is 0 Å². The lowest BCUT2D eigenvalue weighted by atomic mass is 9.98. The SMILES string of the molecule is C[C@H](CC#N)[C@@H](NC(=O)Cc1c(F)cccc1F)C(=O)O. The van der Waals surface area contributed by atoms with E-state index in [0.717, 1.165) is 12.1 Å². The van der Waals surface area contributed by atoms with Crippen LogP contribution in [0, 0.1) is 28.9 Å². The fourth-order valence-electron chi connectivity index (χ4n) is 1.80. The number of carbonyl (C=O) groups excluding carboxylic acids is 1. The van der Waals surface area contributed by atoms with Crippen molar-refractivity contribution in [3.8, 4) is 6.07 Å². The van der Waals surface area contributed by atoms with E-state index in [-0.39, 0.29) is 6.42 Å². The predicted octanol–water partition coefficient (Wildman–Crippen LogP) is 1.63. The number of benzene rings is 1. The lowest BCUT2D eigenvalue weighted by molar-refractivity contribution is -0.143. The third-order valence-corrected chi connectivity index (χ3v) is 2.96. The number of nitrogens with one attached hydrogen (secondary N) is 1. The Hall–Kier alpha value is -2.49. The summed E-state index contributed by atoms with van der Waals surface area (Å²) in [6.45, 7) is 1.49. The van der Waals surface area contributed by atoms with Crippen LogP contribution >= 0.6 is 0 Å². The average Bonchev–Trinajstić information content (AvgIpc) is 2.40. The van der Waals surface area contributed by atoms with Crippen LogP contribution in [0.2, 0.25) is 0 Å². The molecular weight excluding hydrogens is 282 g/mol. The van der Waals surface area contributed by atoms with Gasteiger partial charge in [-0.05, 0) is 12.1 Å². The highest BCUT2D eigenvalue weighted by Gasteiger charge is 2.27. The topological polar surface area (TPSA) is 90.2 Å². The summed E-state index contributed by atoms with van der Waals surface area (Å²) in [6, 6.07) is 3.72. The molecule has 2 atom stereocenters. The number of hydrogen-bond donors (Lipinski definition) is 2. The van der Waals surface area contributed by atoms with Gasteiger partial charge in [-0.3, -0.25) is 4.79 Å². The lowest BCUT2D eigenvalue weighted by Gasteiger charge is -2.19. The fraction of sp³-hybridized carbons (Fsp3) is 0.357. The maximum absolute atomic E-state index is 13.4.